The van der Waals surface area contributed by atoms with Crippen molar-refractivity contribution in [3.05, 3.63) is 35.4 Å². The number of guanidine groups is 1. The SMILES string of the molecule is CC1CCCN(C(N)=NCc2ccccc2CN2CCOCC2)C1.I. The average molecular weight is 458 g/mol. The maximum Gasteiger partial charge on any atom is 0.191 e. The number of likely N-dealkylation sites (tertiary alicyclic amines) is 1. The first-order valence-corrected chi connectivity index (χ1v) is 9.14. The second kappa shape index (κ2) is 10.3. The van der Waals surface area contributed by atoms with E-state index in [1.165, 1.54) is 24.0 Å². The van der Waals surface area contributed by atoms with Crippen LogP contribution in [0.25, 0.3) is 0 Å². The number of aliphatic imine (C=N–C) groups is 1. The van der Waals surface area contributed by atoms with Gasteiger partial charge in [0, 0.05) is 32.7 Å². The molecule has 2 aliphatic heterocycles. The topological polar surface area (TPSA) is 54.1 Å². The first-order valence-electron chi connectivity index (χ1n) is 9.14. The summed E-state index contributed by atoms with van der Waals surface area (Å²) < 4.78 is 5.44. The number of benzene rings is 1. The zero-order valence-corrected chi connectivity index (χ0v) is 17.5. The molecule has 140 valence electrons. The lowest BCUT2D eigenvalue weighted by molar-refractivity contribution is 0.0341. The fourth-order valence-corrected chi connectivity index (χ4v) is 3.53. The van der Waals surface area contributed by atoms with Crippen LogP contribution in [0.2, 0.25) is 0 Å². The van der Waals surface area contributed by atoms with Gasteiger partial charge in [0.15, 0.2) is 5.96 Å². The van der Waals surface area contributed by atoms with Gasteiger partial charge in [-0.15, -0.1) is 24.0 Å². The van der Waals surface area contributed by atoms with Gasteiger partial charge in [-0.25, -0.2) is 4.99 Å². The zero-order chi connectivity index (χ0) is 16.8. The number of rotatable bonds is 4. The smallest absolute Gasteiger partial charge is 0.191 e. The molecule has 0 spiro atoms. The van der Waals surface area contributed by atoms with Crippen LogP contribution in [0, 0.1) is 5.92 Å². The summed E-state index contributed by atoms with van der Waals surface area (Å²) >= 11 is 0. The van der Waals surface area contributed by atoms with E-state index in [1.807, 2.05) is 0 Å². The summed E-state index contributed by atoms with van der Waals surface area (Å²) in [5.41, 5.74) is 8.87. The summed E-state index contributed by atoms with van der Waals surface area (Å²) in [6.45, 7) is 9.67. The molecule has 3 rings (SSSR count). The van der Waals surface area contributed by atoms with E-state index in [9.17, 15) is 0 Å². The Morgan fingerprint density at radius 2 is 1.92 bits per heavy atom. The lowest BCUT2D eigenvalue weighted by Crippen LogP contribution is -2.43. The van der Waals surface area contributed by atoms with E-state index < -0.39 is 0 Å². The molecule has 0 saturated carbocycles. The minimum atomic E-state index is 0. The second-order valence-corrected chi connectivity index (χ2v) is 7.03. The van der Waals surface area contributed by atoms with Crippen LogP contribution in [-0.2, 0) is 17.8 Å². The molecule has 2 saturated heterocycles. The van der Waals surface area contributed by atoms with E-state index in [1.54, 1.807) is 0 Å². The van der Waals surface area contributed by atoms with Crippen LogP contribution in [0.4, 0.5) is 0 Å². The van der Waals surface area contributed by atoms with Crippen molar-refractivity contribution in [2.45, 2.75) is 32.9 Å². The second-order valence-electron chi connectivity index (χ2n) is 7.03. The first-order chi connectivity index (χ1) is 11.7. The maximum absolute atomic E-state index is 6.24. The molecule has 2 aliphatic rings. The van der Waals surface area contributed by atoms with E-state index >= 15 is 0 Å². The number of nitrogens with two attached hydrogens (primary N) is 1. The van der Waals surface area contributed by atoms with Gasteiger partial charge in [-0.3, -0.25) is 4.90 Å². The van der Waals surface area contributed by atoms with Crippen molar-refractivity contribution in [2.75, 3.05) is 39.4 Å². The van der Waals surface area contributed by atoms with Crippen molar-refractivity contribution in [2.24, 2.45) is 16.6 Å². The molecule has 0 aliphatic carbocycles. The Hall–Kier alpha value is -0.860. The molecule has 25 heavy (non-hydrogen) atoms. The molecular formula is C19H31IN4O. The summed E-state index contributed by atoms with van der Waals surface area (Å²) in [5.74, 6) is 1.41. The number of halogens is 1. The van der Waals surface area contributed by atoms with Gasteiger partial charge in [-0.2, -0.15) is 0 Å². The Morgan fingerprint density at radius 3 is 2.64 bits per heavy atom. The Labute approximate surface area is 168 Å². The first kappa shape index (κ1) is 20.5. The van der Waals surface area contributed by atoms with Gasteiger partial charge < -0.3 is 15.4 Å². The summed E-state index contributed by atoms with van der Waals surface area (Å²) in [6, 6.07) is 8.58. The highest BCUT2D eigenvalue weighted by Crippen LogP contribution is 2.17. The van der Waals surface area contributed by atoms with Gasteiger partial charge in [0.05, 0.1) is 19.8 Å². The Kier molecular flexibility index (Phi) is 8.45. The highest BCUT2D eigenvalue weighted by molar-refractivity contribution is 14.0. The van der Waals surface area contributed by atoms with Gasteiger partial charge in [0.2, 0.25) is 0 Å². The van der Waals surface area contributed by atoms with E-state index in [0.29, 0.717) is 18.4 Å². The van der Waals surface area contributed by atoms with E-state index in [0.717, 1.165) is 45.9 Å². The normalized spacial score (nSPS) is 22.5. The van der Waals surface area contributed by atoms with Crippen LogP contribution in [0.5, 0.6) is 0 Å². The molecule has 1 aromatic carbocycles. The Bertz CT molecular complexity index is 560. The molecule has 1 aromatic rings. The minimum Gasteiger partial charge on any atom is -0.379 e. The average Bonchev–Trinajstić information content (AvgIpc) is 2.61. The largest absolute Gasteiger partial charge is 0.379 e. The quantitative estimate of drug-likeness (QED) is 0.429. The third-order valence-electron chi connectivity index (χ3n) is 5.01. The third kappa shape index (κ3) is 6.11. The summed E-state index contributed by atoms with van der Waals surface area (Å²) in [5, 5.41) is 0. The van der Waals surface area contributed by atoms with Crippen molar-refractivity contribution < 1.29 is 4.74 Å². The fourth-order valence-electron chi connectivity index (χ4n) is 3.53. The van der Waals surface area contributed by atoms with Crippen molar-refractivity contribution in [1.29, 1.82) is 0 Å². The van der Waals surface area contributed by atoms with Crippen molar-refractivity contribution in [3.63, 3.8) is 0 Å². The van der Waals surface area contributed by atoms with Gasteiger partial charge in [0.1, 0.15) is 0 Å². The molecule has 6 heteroatoms. The van der Waals surface area contributed by atoms with E-state index in [4.69, 9.17) is 10.5 Å². The highest BCUT2D eigenvalue weighted by Gasteiger charge is 2.18. The molecule has 5 nitrogen and oxygen atoms in total. The van der Waals surface area contributed by atoms with Gasteiger partial charge in [-0.1, -0.05) is 31.2 Å². The molecule has 1 unspecified atom stereocenters. The number of morpholine rings is 1. The van der Waals surface area contributed by atoms with Crippen LogP contribution in [0.15, 0.2) is 29.3 Å². The number of ether oxygens (including phenoxy) is 1. The molecule has 2 fully saturated rings. The highest BCUT2D eigenvalue weighted by atomic mass is 127. The molecule has 2 heterocycles. The van der Waals surface area contributed by atoms with Crippen molar-refractivity contribution in [1.82, 2.24) is 9.80 Å². The molecule has 0 radical (unpaired) electrons. The number of piperidine rings is 1. The van der Waals surface area contributed by atoms with E-state index in [2.05, 4.69) is 46.0 Å². The summed E-state index contributed by atoms with van der Waals surface area (Å²) in [6.07, 6.45) is 2.51. The van der Waals surface area contributed by atoms with Crippen molar-refractivity contribution >= 4 is 29.9 Å². The summed E-state index contributed by atoms with van der Waals surface area (Å²) in [7, 11) is 0. The van der Waals surface area contributed by atoms with Crippen LogP contribution in [0.1, 0.15) is 30.9 Å². The number of nitrogens with zero attached hydrogens (tertiary/aromatic N) is 3. The predicted molar refractivity (Wildman–Crippen MR) is 113 cm³/mol. The molecule has 2 N–H and O–H groups in total. The Balaban J connectivity index is 0.00000225. The number of hydrogen-bond acceptors (Lipinski definition) is 3. The summed E-state index contributed by atoms with van der Waals surface area (Å²) in [4.78, 5) is 9.36. The lowest BCUT2D eigenvalue weighted by Gasteiger charge is -2.31. The third-order valence-corrected chi connectivity index (χ3v) is 5.01. The monoisotopic (exact) mass is 458 g/mol. The van der Waals surface area contributed by atoms with Crippen LogP contribution in [-0.4, -0.2) is 55.2 Å². The molecule has 1 atom stereocenters. The Morgan fingerprint density at radius 1 is 1.20 bits per heavy atom. The van der Waals surface area contributed by atoms with Crippen LogP contribution in [0.3, 0.4) is 0 Å². The maximum atomic E-state index is 6.24. The molecule has 0 amide bonds. The van der Waals surface area contributed by atoms with Crippen LogP contribution < -0.4 is 5.73 Å². The predicted octanol–water partition coefficient (Wildman–Crippen LogP) is 2.68. The lowest BCUT2D eigenvalue weighted by atomic mass is 10.0. The van der Waals surface area contributed by atoms with Crippen LogP contribution >= 0.6 is 24.0 Å². The number of hydrogen-bond donors (Lipinski definition) is 1. The molecule has 0 bridgehead atoms. The fraction of sp³-hybridized carbons (Fsp3) is 0.632. The van der Waals surface area contributed by atoms with Crippen molar-refractivity contribution in [3.8, 4) is 0 Å². The zero-order valence-electron chi connectivity index (χ0n) is 15.2. The molecular weight excluding hydrogens is 427 g/mol. The standard InChI is InChI=1S/C19H30N4O.HI/c1-16-5-4-8-23(14-16)19(20)21-13-17-6-2-3-7-18(17)15-22-9-11-24-12-10-22;/h2-3,6-7,16H,4-5,8-15H2,1H3,(H2,20,21);1H. The minimum absolute atomic E-state index is 0. The van der Waals surface area contributed by atoms with Gasteiger partial charge in [-0.05, 0) is 29.9 Å². The van der Waals surface area contributed by atoms with Gasteiger partial charge in [0.25, 0.3) is 0 Å². The van der Waals surface area contributed by atoms with Gasteiger partial charge >= 0.3 is 0 Å². The van der Waals surface area contributed by atoms with E-state index in [-0.39, 0.29) is 24.0 Å². The molecule has 0 aromatic heterocycles.